The maximum atomic E-state index is 13.3. The number of amides is 1. The van der Waals surface area contributed by atoms with E-state index < -0.39 is 22.9 Å². The second-order valence-electron chi connectivity index (χ2n) is 9.33. The summed E-state index contributed by atoms with van der Waals surface area (Å²) >= 11 is 7.05. The maximum Gasteiger partial charge on any atom is 0.287 e. The number of thiophene rings is 1. The van der Waals surface area contributed by atoms with Gasteiger partial charge in [0.2, 0.25) is 5.82 Å². The van der Waals surface area contributed by atoms with Crippen LogP contribution in [0.1, 0.15) is 54.9 Å². The summed E-state index contributed by atoms with van der Waals surface area (Å²) in [7, 11) is 0. The molecule has 0 spiro atoms. The number of fused-ring (bicyclic) bond motifs is 1. The Morgan fingerprint density at radius 2 is 2.21 bits per heavy atom. The predicted octanol–water partition coefficient (Wildman–Crippen LogP) is 4.41. The predicted molar refractivity (Wildman–Crippen MR) is 130 cm³/mol. The van der Waals surface area contributed by atoms with Crippen LogP contribution in [-0.4, -0.2) is 33.2 Å². The third-order valence-electron chi connectivity index (χ3n) is 6.32. The van der Waals surface area contributed by atoms with Crippen molar-refractivity contribution in [3.8, 4) is 0 Å². The Hall–Kier alpha value is -2.33. The molecule has 3 N–H and O–H groups in total. The van der Waals surface area contributed by atoms with E-state index in [9.17, 15) is 19.1 Å². The second kappa shape index (κ2) is 10.1. The number of rotatable bonds is 8. The van der Waals surface area contributed by atoms with E-state index in [0.29, 0.717) is 28.3 Å². The van der Waals surface area contributed by atoms with Gasteiger partial charge >= 0.3 is 0 Å². The van der Waals surface area contributed by atoms with Gasteiger partial charge in [-0.3, -0.25) is 9.59 Å². The Bertz CT molecular complexity index is 1250. The fourth-order valence-electron chi connectivity index (χ4n) is 4.34. The highest BCUT2D eigenvalue weighted by Crippen LogP contribution is 2.38. The number of hydrogen-bond acceptors (Lipinski definition) is 6. The van der Waals surface area contributed by atoms with Crippen molar-refractivity contribution >= 4 is 39.1 Å². The van der Waals surface area contributed by atoms with Gasteiger partial charge in [-0.1, -0.05) is 17.7 Å². The molecule has 0 bridgehead atoms. The van der Waals surface area contributed by atoms with Gasteiger partial charge in [-0.25, -0.2) is 9.37 Å². The van der Waals surface area contributed by atoms with E-state index in [2.05, 4.69) is 15.3 Å². The van der Waals surface area contributed by atoms with Gasteiger partial charge in [-0.15, -0.1) is 11.3 Å². The first-order chi connectivity index (χ1) is 16.1. The van der Waals surface area contributed by atoms with Crippen molar-refractivity contribution < 1.29 is 19.0 Å². The van der Waals surface area contributed by atoms with Crippen molar-refractivity contribution in [3.63, 3.8) is 0 Å². The Labute approximate surface area is 205 Å². The molecule has 1 amide bonds. The topological polar surface area (TPSA) is 104 Å². The fraction of sp³-hybridized carbons (Fsp3) is 0.458. The minimum Gasteiger partial charge on any atom is -0.390 e. The summed E-state index contributed by atoms with van der Waals surface area (Å²) < 4.78 is 19.2. The number of aromatic amines is 1. The van der Waals surface area contributed by atoms with Gasteiger partial charge in [0.05, 0.1) is 22.6 Å². The number of ether oxygens (including phenoxy) is 1. The lowest BCUT2D eigenvalue weighted by molar-refractivity contribution is 0.0145. The van der Waals surface area contributed by atoms with Gasteiger partial charge in [0.25, 0.3) is 11.5 Å². The van der Waals surface area contributed by atoms with Crippen LogP contribution >= 0.6 is 22.9 Å². The summed E-state index contributed by atoms with van der Waals surface area (Å²) in [6.07, 6.45) is 2.93. The number of H-pyrrole nitrogens is 1. The van der Waals surface area contributed by atoms with E-state index in [4.69, 9.17) is 16.3 Å². The number of aromatic nitrogens is 2. The number of aliphatic hydroxyl groups is 1. The summed E-state index contributed by atoms with van der Waals surface area (Å²) in [4.78, 5) is 32.5. The number of benzene rings is 1. The quantitative estimate of drug-likeness (QED) is 0.419. The van der Waals surface area contributed by atoms with E-state index in [1.54, 1.807) is 0 Å². The number of carbonyl (C=O) groups is 1. The van der Waals surface area contributed by atoms with E-state index in [-0.39, 0.29) is 29.9 Å². The van der Waals surface area contributed by atoms with Crippen molar-refractivity contribution in [1.82, 2.24) is 15.3 Å². The average Bonchev–Trinajstić information content (AvgIpc) is 3.42. The molecule has 0 aliphatic heterocycles. The van der Waals surface area contributed by atoms with Crippen LogP contribution in [0.15, 0.2) is 28.4 Å². The van der Waals surface area contributed by atoms with Crippen LogP contribution in [0.5, 0.6) is 0 Å². The van der Waals surface area contributed by atoms with Crippen molar-refractivity contribution in [2.75, 3.05) is 6.61 Å². The molecule has 10 heteroatoms. The highest BCUT2D eigenvalue weighted by atomic mass is 35.5. The van der Waals surface area contributed by atoms with E-state index in [1.807, 2.05) is 19.2 Å². The Morgan fingerprint density at radius 3 is 2.91 bits per heavy atom. The second-order valence-corrected chi connectivity index (χ2v) is 10.6. The normalized spacial score (nSPS) is 18.5. The van der Waals surface area contributed by atoms with Crippen LogP contribution in [-0.2, 0) is 17.9 Å². The molecule has 182 valence electrons. The van der Waals surface area contributed by atoms with E-state index in [0.717, 1.165) is 24.8 Å². The maximum absolute atomic E-state index is 13.3. The zero-order valence-electron chi connectivity index (χ0n) is 19.0. The van der Waals surface area contributed by atoms with E-state index >= 15 is 0 Å². The molecule has 2 aromatic heterocycles. The first-order valence-corrected chi connectivity index (χ1v) is 12.4. The summed E-state index contributed by atoms with van der Waals surface area (Å²) in [5.41, 5.74) is 0.282. The van der Waals surface area contributed by atoms with Crippen molar-refractivity contribution in [2.24, 2.45) is 11.8 Å². The van der Waals surface area contributed by atoms with Gasteiger partial charge in [0.15, 0.2) is 0 Å². The lowest BCUT2D eigenvalue weighted by atomic mass is 9.89. The molecule has 1 saturated carbocycles. The summed E-state index contributed by atoms with van der Waals surface area (Å²) in [5, 5.41) is 15.1. The number of carbonyl (C=O) groups excluding carboxylic acids is 1. The highest BCUT2D eigenvalue weighted by molar-refractivity contribution is 7.16. The number of halogens is 2. The molecule has 1 aromatic carbocycles. The molecule has 1 fully saturated rings. The fourth-order valence-corrected chi connectivity index (χ4v) is 5.47. The van der Waals surface area contributed by atoms with Crippen LogP contribution in [0, 0.1) is 17.7 Å². The molecule has 3 aromatic rings. The molecule has 2 heterocycles. The Morgan fingerprint density at radius 1 is 1.41 bits per heavy atom. The number of nitrogens with zero attached hydrogens (tertiary/aromatic N) is 1. The first-order valence-electron chi connectivity index (χ1n) is 11.1. The molecule has 2 unspecified atom stereocenters. The Kier molecular flexibility index (Phi) is 7.37. The molecule has 2 atom stereocenters. The summed E-state index contributed by atoms with van der Waals surface area (Å²) in [6, 6.07) is 4.17. The monoisotopic (exact) mass is 507 g/mol. The minimum atomic E-state index is -0.673. The van der Waals surface area contributed by atoms with Crippen LogP contribution in [0.2, 0.25) is 5.02 Å². The minimum absolute atomic E-state index is 0.0296. The smallest absolute Gasteiger partial charge is 0.287 e. The van der Waals surface area contributed by atoms with Gasteiger partial charge < -0.3 is 20.1 Å². The van der Waals surface area contributed by atoms with Crippen molar-refractivity contribution in [1.29, 1.82) is 0 Å². The highest BCUT2D eigenvalue weighted by Gasteiger charge is 2.34. The Balaban J connectivity index is 1.37. The first kappa shape index (κ1) is 24.8. The molecule has 1 aliphatic carbocycles. The lowest BCUT2D eigenvalue weighted by Crippen LogP contribution is -2.29. The number of hydrogen-bond donors (Lipinski definition) is 3. The van der Waals surface area contributed by atoms with Gasteiger partial charge in [0, 0.05) is 18.7 Å². The molecule has 0 radical (unpaired) electrons. The molecule has 4 rings (SSSR count). The third kappa shape index (κ3) is 5.66. The third-order valence-corrected chi connectivity index (χ3v) is 7.53. The molecule has 34 heavy (non-hydrogen) atoms. The van der Waals surface area contributed by atoms with E-state index in [1.165, 1.54) is 29.5 Å². The summed E-state index contributed by atoms with van der Waals surface area (Å²) in [5.74, 6) is -0.507. The SMILES string of the molecule is CC(C)(O)C1CCC(COCc2csc3nc(C(=O)NCc4ccc(F)c(Cl)c4)[nH]c(=O)c23)C1. The molecule has 7 nitrogen and oxygen atoms in total. The lowest BCUT2D eigenvalue weighted by Gasteiger charge is -2.25. The summed E-state index contributed by atoms with van der Waals surface area (Å²) in [6.45, 7) is 4.67. The largest absolute Gasteiger partial charge is 0.390 e. The zero-order chi connectivity index (χ0) is 24.5. The molecular weight excluding hydrogens is 481 g/mol. The van der Waals surface area contributed by atoms with Crippen LogP contribution in [0.4, 0.5) is 4.39 Å². The standard InChI is InChI=1S/C24H27ClFN3O4S/c1-24(2,32)16-5-3-14(7-16)10-33-11-15-12-34-23-19(15)21(30)28-20(29-23)22(31)27-9-13-4-6-18(26)17(25)8-13/h4,6,8,12,14,16,32H,3,5,7,9-11H2,1-2H3,(H,27,31)(H,28,29,30). The van der Waals surface area contributed by atoms with Crippen LogP contribution in [0.3, 0.4) is 0 Å². The van der Waals surface area contributed by atoms with Crippen LogP contribution < -0.4 is 10.9 Å². The van der Waals surface area contributed by atoms with Crippen molar-refractivity contribution in [3.05, 3.63) is 61.7 Å². The van der Waals surface area contributed by atoms with Gasteiger partial charge in [0.1, 0.15) is 10.6 Å². The molecule has 1 aliphatic rings. The van der Waals surface area contributed by atoms with Gasteiger partial charge in [-0.05, 0) is 68.0 Å². The van der Waals surface area contributed by atoms with Gasteiger partial charge in [-0.2, -0.15) is 0 Å². The molecular formula is C24H27ClFN3O4S. The van der Waals surface area contributed by atoms with Crippen LogP contribution in [0.25, 0.3) is 10.2 Å². The van der Waals surface area contributed by atoms with Crippen molar-refractivity contribution in [2.45, 2.75) is 51.9 Å². The number of nitrogens with one attached hydrogen (secondary N) is 2. The average molecular weight is 508 g/mol. The zero-order valence-corrected chi connectivity index (χ0v) is 20.6. The molecule has 0 saturated heterocycles.